The quantitative estimate of drug-likeness (QED) is 0.768. The van der Waals surface area contributed by atoms with E-state index in [2.05, 4.69) is 11.1 Å². The first-order chi connectivity index (χ1) is 13.5. The van der Waals surface area contributed by atoms with Gasteiger partial charge in [-0.05, 0) is 30.0 Å². The van der Waals surface area contributed by atoms with Gasteiger partial charge >= 0.3 is 6.03 Å². The number of urea groups is 1. The number of carbonyl (C=O) groups excluding carboxylic acids is 3. The molecule has 5 rings (SSSR count). The third-order valence-corrected chi connectivity index (χ3v) is 5.68. The summed E-state index contributed by atoms with van der Waals surface area (Å²) in [4.78, 5) is 45.1. The molecule has 0 atom stereocenters. The van der Waals surface area contributed by atoms with Crippen LogP contribution in [0.25, 0.3) is 11.1 Å². The van der Waals surface area contributed by atoms with E-state index < -0.39 is 0 Å². The standard InChI is InChI=1S/C21H20N4O3/c1-23-18(26)12-24(21(23)28)10-13-2-4-14(5-3-13)15-8-16-11-25(17-6-7-17)20(27)19(16)22-9-15/h2-5,8-9,17H,6-7,10-12H2,1H3. The van der Waals surface area contributed by atoms with E-state index in [-0.39, 0.29) is 24.4 Å². The van der Waals surface area contributed by atoms with Gasteiger partial charge in [0, 0.05) is 43.5 Å². The maximum atomic E-state index is 12.4. The van der Waals surface area contributed by atoms with Crippen molar-refractivity contribution in [2.24, 2.45) is 0 Å². The first kappa shape index (κ1) is 16.9. The highest BCUT2D eigenvalue weighted by molar-refractivity contribution is 6.01. The summed E-state index contributed by atoms with van der Waals surface area (Å²) < 4.78 is 0. The van der Waals surface area contributed by atoms with E-state index in [0.29, 0.717) is 24.8 Å². The van der Waals surface area contributed by atoms with E-state index in [1.807, 2.05) is 29.2 Å². The Balaban J connectivity index is 1.33. The third kappa shape index (κ3) is 2.74. The van der Waals surface area contributed by atoms with Gasteiger partial charge in [0.2, 0.25) is 5.91 Å². The highest BCUT2D eigenvalue weighted by atomic mass is 16.2. The molecule has 1 aliphatic carbocycles. The van der Waals surface area contributed by atoms with E-state index >= 15 is 0 Å². The number of rotatable bonds is 4. The second kappa shape index (κ2) is 6.15. The zero-order chi connectivity index (χ0) is 19.4. The zero-order valence-electron chi connectivity index (χ0n) is 15.6. The predicted molar refractivity (Wildman–Crippen MR) is 101 cm³/mol. The Hall–Kier alpha value is -3.22. The minimum atomic E-state index is -0.262. The molecule has 1 aromatic carbocycles. The van der Waals surface area contributed by atoms with Crippen LogP contribution in [-0.2, 0) is 17.9 Å². The van der Waals surface area contributed by atoms with Crippen molar-refractivity contribution in [2.45, 2.75) is 32.0 Å². The lowest BCUT2D eigenvalue weighted by Crippen LogP contribution is -2.29. The maximum absolute atomic E-state index is 12.4. The highest BCUT2D eigenvalue weighted by Crippen LogP contribution is 2.35. The van der Waals surface area contributed by atoms with Crippen LogP contribution >= 0.6 is 0 Å². The average Bonchev–Trinajstić information content (AvgIpc) is 3.46. The molecular formula is C21H20N4O3. The van der Waals surface area contributed by atoms with Gasteiger partial charge in [0.25, 0.3) is 5.91 Å². The van der Waals surface area contributed by atoms with Gasteiger partial charge in [-0.15, -0.1) is 0 Å². The van der Waals surface area contributed by atoms with Crippen LogP contribution in [0.1, 0.15) is 34.5 Å². The Morgan fingerprint density at radius 1 is 1.04 bits per heavy atom. The smallest absolute Gasteiger partial charge is 0.327 e. The Kier molecular flexibility index (Phi) is 3.72. The second-order valence-electron chi connectivity index (χ2n) is 7.68. The molecule has 1 aromatic heterocycles. The van der Waals surface area contributed by atoms with E-state index in [1.165, 1.54) is 11.9 Å². The molecule has 0 spiro atoms. The van der Waals surface area contributed by atoms with Gasteiger partial charge in [-0.1, -0.05) is 24.3 Å². The molecular weight excluding hydrogens is 356 g/mol. The first-order valence-corrected chi connectivity index (χ1v) is 9.46. The van der Waals surface area contributed by atoms with Gasteiger partial charge in [0.15, 0.2) is 0 Å². The molecule has 2 aliphatic heterocycles. The van der Waals surface area contributed by atoms with Crippen LogP contribution in [0.3, 0.4) is 0 Å². The van der Waals surface area contributed by atoms with Crippen LogP contribution in [0.2, 0.25) is 0 Å². The number of imide groups is 1. The van der Waals surface area contributed by atoms with Crippen molar-refractivity contribution in [2.75, 3.05) is 13.6 Å². The number of aromatic nitrogens is 1. The molecule has 2 fully saturated rings. The Bertz CT molecular complexity index is 997. The number of carbonyl (C=O) groups is 3. The summed E-state index contributed by atoms with van der Waals surface area (Å²) in [7, 11) is 1.50. The van der Waals surface area contributed by atoms with E-state index in [4.69, 9.17) is 0 Å². The largest absolute Gasteiger partial charge is 0.330 e. The Labute approximate surface area is 162 Å². The molecule has 0 N–H and O–H groups in total. The lowest BCUT2D eigenvalue weighted by molar-refractivity contribution is -0.124. The number of likely N-dealkylation sites (N-methyl/N-ethyl adjacent to an activating group) is 1. The third-order valence-electron chi connectivity index (χ3n) is 5.68. The number of fused-ring (bicyclic) bond motifs is 1. The number of amides is 4. The molecule has 1 saturated heterocycles. The summed E-state index contributed by atoms with van der Waals surface area (Å²) in [6, 6.07) is 10.1. The summed E-state index contributed by atoms with van der Waals surface area (Å²) in [6.45, 7) is 1.18. The van der Waals surface area contributed by atoms with Crippen molar-refractivity contribution in [3.63, 3.8) is 0 Å². The molecule has 2 aromatic rings. The van der Waals surface area contributed by atoms with E-state index in [1.54, 1.807) is 6.20 Å². The number of hydrogen-bond donors (Lipinski definition) is 0. The van der Waals surface area contributed by atoms with Crippen LogP contribution in [0.15, 0.2) is 36.5 Å². The molecule has 0 bridgehead atoms. The van der Waals surface area contributed by atoms with Crippen LogP contribution in [0.4, 0.5) is 4.79 Å². The molecule has 1 saturated carbocycles. The molecule has 4 amide bonds. The van der Waals surface area contributed by atoms with Crippen molar-refractivity contribution in [1.82, 2.24) is 19.7 Å². The lowest BCUT2D eigenvalue weighted by atomic mass is 10.0. The molecule has 142 valence electrons. The number of benzene rings is 1. The van der Waals surface area contributed by atoms with Crippen molar-refractivity contribution < 1.29 is 14.4 Å². The molecule has 7 heteroatoms. The topological polar surface area (TPSA) is 73.8 Å². The lowest BCUT2D eigenvalue weighted by Gasteiger charge is -2.15. The van der Waals surface area contributed by atoms with Crippen LogP contribution < -0.4 is 0 Å². The minimum Gasteiger partial charge on any atom is -0.330 e. The highest BCUT2D eigenvalue weighted by Gasteiger charge is 2.39. The summed E-state index contributed by atoms with van der Waals surface area (Å²) in [6.07, 6.45) is 3.93. The van der Waals surface area contributed by atoms with Gasteiger partial charge in [0.1, 0.15) is 12.2 Å². The average molecular weight is 376 g/mol. The van der Waals surface area contributed by atoms with Crippen molar-refractivity contribution >= 4 is 17.8 Å². The molecule has 3 aliphatic rings. The molecule has 0 radical (unpaired) electrons. The SMILES string of the molecule is CN1C(=O)CN(Cc2ccc(-c3cnc4c(c3)CN(C3CC3)C4=O)cc2)C1=O. The van der Waals surface area contributed by atoms with Crippen LogP contribution in [-0.4, -0.2) is 57.2 Å². The molecule has 28 heavy (non-hydrogen) atoms. The van der Waals surface area contributed by atoms with Crippen LogP contribution in [0.5, 0.6) is 0 Å². The normalized spacial score (nSPS) is 19.0. The van der Waals surface area contributed by atoms with Crippen molar-refractivity contribution in [3.05, 3.63) is 53.3 Å². The van der Waals surface area contributed by atoms with Crippen molar-refractivity contribution in [3.8, 4) is 11.1 Å². The number of pyridine rings is 1. The van der Waals surface area contributed by atoms with Gasteiger partial charge in [0.05, 0.1) is 0 Å². The Morgan fingerprint density at radius 3 is 2.43 bits per heavy atom. The molecule has 7 nitrogen and oxygen atoms in total. The van der Waals surface area contributed by atoms with Gasteiger partial charge in [-0.25, -0.2) is 4.79 Å². The van der Waals surface area contributed by atoms with Gasteiger partial charge in [-0.2, -0.15) is 0 Å². The summed E-state index contributed by atoms with van der Waals surface area (Å²) in [5.74, 6) is -0.130. The predicted octanol–water partition coefficient (Wildman–Crippen LogP) is 2.26. The van der Waals surface area contributed by atoms with E-state index in [0.717, 1.165) is 40.0 Å². The molecule has 0 unspecified atom stereocenters. The zero-order valence-corrected chi connectivity index (χ0v) is 15.6. The second-order valence-corrected chi connectivity index (χ2v) is 7.68. The van der Waals surface area contributed by atoms with Gasteiger partial charge in [-0.3, -0.25) is 19.5 Å². The van der Waals surface area contributed by atoms with Crippen molar-refractivity contribution in [1.29, 1.82) is 0 Å². The first-order valence-electron chi connectivity index (χ1n) is 9.46. The molecule has 3 heterocycles. The number of hydrogen-bond acceptors (Lipinski definition) is 4. The van der Waals surface area contributed by atoms with Gasteiger partial charge < -0.3 is 9.80 Å². The number of nitrogens with zero attached hydrogens (tertiary/aromatic N) is 4. The summed E-state index contributed by atoms with van der Waals surface area (Å²) >= 11 is 0. The fourth-order valence-electron chi connectivity index (χ4n) is 3.86. The monoisotopic (exact) mass is 376 g/mol. The summed E-state index contributed by atoms with van der Waals surface area (Å²) in [5, 5.41) is 0. The maximum Gasteiger partial charge on any atom is 0.327 e. The van der Waals surface area contributed by atoms with Crippen LogP contribution in [0, 0.1) is 0 Å². The summed E-state index contributed by atoms with van der Waals surface area (Å²) in [5.41, 5.74) is 4.51. The van der Waals surface area contributed by atoms with E-state index in [9.17, 15) is 14.4 Å². The Morgan fingerprint density at radius 2 is 1.79 bits per heavy atom. The fraction of sp³-hybridized carbons (Fsp3) is 0.333. The fourth-order valence-corrected chi connectivity index (χ4v) is 3.86. The minimum absolute atomic E-state index is 0.0502.